The Morgan fingerprint density at radius 1 is 1.06 bits per heavy atom. The lowest BCUT2D eigenvalue weighted by Gasteiger charge is -2.34. The number of rotatable bonds is 10. The molecule has 33 heavy (non-hydrogen) atoms. The molecule has 2 aromatic carbocycles. The van der Waals surface area contributed by atoms with Gasteiger partial charge in [-0.1, -0.05) is 39.7 Å². The van der Waals surface area contributed by atoms with Gasteiger partial charge in [0.25, 0.3) is 16.0 Å². The minimum atomic E-state index is -4.01. The molecule has 3 rings (SSSR count). The summed E-state index contributed by atoms with van der Waals surface area (Å²) in [7, 11) is -4.01. The van der Waals surface area contributed by atoms with E-state index in [0.717, 1.165) is 41.1 Å². The van der Waals surface area contributed by atoms with Crippen molar-refractivity contribution in [3.05, 3.63) is 63.1 Å². The molecule has 1 fully saturated rings. The van der Waals surface area contributed by atoms with E-state index >= 15 is 0 Å². The minimum absolute atomic E-state index is 0.0702. The highest BCUT2D eigenvalue weighted by atomic mass is 79.9. The molecular formula is C23H28BrClN2O5S. The molecule has 1 aliphatic rings. The lowest BCUT2D eigenvalue weighted by Crippen LogP contribution is -2.50. The maximum absolute atomic E-state index is 12.7. The van der Waals surface area contributed by atoms with Crippen LogP contribution in [0, 0.1) is 0 Å². The second kappa shape index (κ2) is 12.2. The first-order chi connectivity index (χ1) is 15.7. The predicted octanol–water partition coefficient (Wildman–Crippen LogP) is 3.69. The number of carbonyl (C=O) groups excluding carboxylic acids is 1. The Morgan fingerprint density at radius 2 is 1.76 bits per heavy atom. The van der Waals surface area contributed by atoms with E-state index in [-0.39, 0.29) is 24.7 Å². The van der Waals surface area contributed by atoms with Crippen LogP contribution >= 0.6 is 27.5 Å². The molecule has 0 spiro atoms. The quantitative estimate of drug-likeness (QED) is 0.447. The van der Waals surface area contributed by atoms with Gasteiger partial charge in [0.15, 0.2) is 6.61 Å². The maximum atomic E-state index is 12.7. The number of ether oxygens (including phenoxy) is 1. The van der Waals surface area contributed by atoms with Crippen molar-refractivity contribution in [2.45, 2.75) is 19.3 Å². The van der Waals surface area contributed by atoms with Gasteiger partial charge in [-0.2, -0.15) is 8.42 Å². The number of piperazine rings is 1. The Labute approximate surface area is 208 Å². The average molecular weight is 560 g/mol. The van der Waals surface area contributed by atoms with Crippen LogP contribution in [-0.2, 0) is 27.8 Å². The van der Waals surface area contributed by atoms with Gasteiger partial charge in [-0.3, -0.25) is 14.2 Å². The normalized spacial score (nSPS) is 14.9. The topological polar surface area (TPSA) is 87.1 Å². The van der Waals surface area contributed by atoms with Gasteiger partial charge in [0, 0.05) is 42.2 Å². The van der Waals surface area contributed by atoms with Gasteiger partial charge in [0.2, 0.25) is 0 Å². The Hall–Kier alpha value is -1.65. The first kappa shape index (κ1) is 26.0. The standard InChI is InChI=1S/C23H28BrClN2O5S/c24-20-5-8-22(19(16-20)2-1-15-33(29,30)31)32-17-23(28)27-13-11-26(12-14-27)10-9-18-3-6-21(25)7-4-18/h3-8,16H,1-2,9-15,17H2,(H,29,30,31). The molecule has 0 saturated carbocycles. The highest BCUT2D eigenvalue weighted by molar-refractivity contribution is 9.10. The second-order valence-electron chi connectivity index (χ2n) is 8.03. The number of carbonyl (C=O) groups is 1. The molecule has 1 N–H and O–H groups in total. The van der Waals surface area contributed by atoms with Gasteiger partial charge in [-0.25, -0.2) is 0 Å². The van der Waals surface area contributed by atoms with Crippen LogP contribution in [0.3, 0.4) is 0 Å². The molecule has 1 saturated heterocycles. The smallest absolute Gasteiger partial charge is 0.264 e. The summed E-state index contributed by atoms with van der Waals surface area (Å²) < 4.78 is 37.5. The van der Waals surface area contributed by atoms with E-state index < -0.39 is 10.1 Å². The third kappa shape index (κ3) is 8.90. The zero-order chi connectivity index (χ0) is 23.8. The monoisotopic (exact) mass is 558 g/mol. The largest absolute Gasteiger partial charge is 0.483 e. The molecule has 0 aliphatic carbocycles. The molecule has 180 valence electrons. The zero-order valence-corrected chi connectivity index (χ0v) is 21.4. The SMILES string of the molecule is O=C(COc1ccc(Br)cc1CCCS(=O)(=O)O)N1CCN(CCc2ccc(Cl)cc2)CC1. The van der Waals surface area contributed by atoms with E-state index in [1.165, 1.54) is 5.56 Å². The fourth-order valence-electron chi connectivity index (χ4n) is 3.72. The summed E-state index contributed by atoms with van der Waals surface area (Å²) in [6.07, 6.45) is 1.62. The van der Waals surface area contributed by atoms with Crippen molar-refractivity contribution >= 4 is 43.6 Å². The Kier molecular flexibility index (Phi) is 9.57. The van der Waals surface area contributed by atoms with Gasteiger partial charge in [-0.05, 0) is 60.7 Å². The number of halogens is 2. The van der Waals surface area contributed by atoms with Crippen molar-refractivity contribution in [1.29, 1.82) is 0 Å². The summed E-state index contributed by atoms with van der Waals surface area (Å²) in [5, 5.41) is 0.737. The summed E-state index contributed by atoms with van der Waals surface area (Å²) in [4.78, 5) is 16.8. The number of nitrogens with zero attached hydrogens (tertiary/aromatic N) is 2. The number of amides is 1. The van der Waals surface area contributed by atoms with Crippen LogP contribution in [-0.4, -0.2) is 73.8 Å². The van der Waals surface area contributed by atoms with E-state index in [4.69, 9.17) is 20.9 Å². The summed E-state index contributed by atoms with van der Waals surface area (Å²) in [5.74, 6) is 0.155. The predicted molar refractivity (Wildman–Crippen MR) is 133 cm³/mol. The van der Waals surface area contributed by atoms with Crippen LogP contribution in [0.2, 0.25) is 5.02 Å². The van der Waals surface area contributed by atoms with E-state index in [1.807, 2.05) is 41.3 Å². The molecule has 0 unspecified atom stereocenters. The summed E-state index contributed by atoms with van der Waals surface area (Å²) in [5.41, 5.74) is 2.03. The van der Waals surface area contributed by atoms with Gasteiger partial charge in [0.1, 0.15) is 5.75 Å². The van der Waals surface area contributed by atoms with E-state index in [1.54, 1.807) is 6.07 Å². The van der Waals surface area contributed by atoms with Gasteiger partial charge in [-0.15, -0.1) is 0 Å². The van der Waals surface area contributed by atoms with Crippen molar-refractivity contribution in [3.8, 4) is 5.75 Å². The van der Waals surface area contributed by atoms with Crippen molar-refractivity contribution in [2.24, 2.45) is 0 Å². The lowest BCUT2D eigenvalue weighted by atomic mass is 10.1. The van der Waals surface area contributed by atoms with Crippen LogP contribution in [0.1, 0.15) is 17.5 Å². The van der Waals surface area contributed by atoms with Crippen LogP contribution in [0.5, 0.6) is 5.75 Å². The lowest BCUT2D eigenvalue weighted by molar-refractivity contribution is -0.135. The Bertz CT molecular complexity index is 1040. The van der Waals surface area contributed by atoms with Crippen molar-refractivity contribution in [2.75, 3.05) is 45.1 Å². The average Bonchev–Trinajstić information content (AvgIpc) is 2.77. The van der Waals surface area contributed by atoms with Crippen LogP contribution < -0.4 is 4.74 Å². The molecule has 7 nitrogen and oxygen atoms in total. The summed E-state index contributed by atoms with van der Waals surface area (Å²) >= 11 is 9.33. The summed E-state index contributed by atoms with van der Waals surface area (Å²) in [6, 6.07) is 13.3. The van der Waals surface area contributed by atoms with Crippen LogP contribution in [0.4, 0.5) is 0 Å². The Balaban J connectivity index is 1.44. The highest BCUT2D eigenvalue weighted by Gasteiger charge is 2.21. The molecule has 1 heterocycles. The number of aryl methyl sites for hydroxylation is 1. The zero-order valence-electron chi connectivity index (χ0n) is 18.3. The van der Waals surface area contributed by atoms with Crippen LogP contribution in [0.15, 0.2) is 46.9 Å². The van der Waals surface area contributed by atoms with Crippen molar-refractivity contribution in [1.82, 2.24) is 9.80 Å². The number of benzene rings is 2. The third-order valence-corrected chi connectivity index (χ3v) is 7.13. The molecule has 2 aromatic rings. The van der Waals surface area contributed by atoms with Crippen molar-refractivity contribution < 1.29 is 22.5 Å². The minimum Gasteiger partial charge on any atom is -0.483 e. The van der Waals surface area contributed by atoms with Crippen LogP contribution in [0.25, 0.3) is 0 Å². The van der Waals surface area contributed by atoms with Gasteiger partial charge < -0.3 is 9.64 Å². The van der Waals surface area contributed by atoms with Gasteiger partial charge >= 0.3 is 0 Å². The molecule has 1 aliphatic heterocycles. The second-order valence-corrected chi connectivity index (χ2v) is 11.0. The van der Waals surface area contributed by atoms with E-state index in [9.17, 15) is 13.2 Å². The molecule has 0 atom stereocenters. The molecule has 0 aromatic heterocycles. The summed E-state index contributed by atoms with van der Waals surface area (Å²) in [6.45, 7) is 3.81. The van der Waals surface area contributed by atoms with E-state index in [0.29, 0.717) is 25.3 Å². The number of hydrogen-bond donors (Lipinski definition) is 1. The Morgan fingerprint density at radius 3 is 2.42 bits per heavy atom. The van der Waals surface area contributed by atoms with Gasteiger partial charge in [0.05, 0.1) is 5.75 Å². The number of hydrogen-bond acceptors (Lipinski definition) is 5. The van der Waals surface area contributed by atoms with E-state index in [2.05, 4.69) is 20.8 Å². The molecule has 0 bridgehead atoms. The fraction of sp³-hybridized carbons (Fsp3) is 0.435. The first-order valence-corrected chi connectivity index (χ1v) is 13.6. The van der Waals surface area contributed by atoms with Crippen molar-refractivity contribution in [3.63, 3.8) is 0 Å². The first-order valence-electron chi connectivity index (χ1n) is 10.8. The molecule has 0 radical (unpaired) electrons. The molecule has 1 amide bonds. The molecule has 10 heteroatoms. The molecular weight excluding hydrogens is 532 g/mol. The maximum Gasteiger partial charge on any atom is 0.264 e. The fourth-order valence-corrected chi connectivity index (χ4v) is 4.76. The highest BCUT2D eigenvalue weighted by Crippen LogP contribution is 2.25. The third-order valence-electron chi connectivity index (χ3n) is 5.58.